The molecule has 9 heteroatoms. The molecule has 0 unspecified atom stereocenters. The highest BCUT2D eigenvalue weighted by Crippen LogP contribution is 2.19. The number of halogens is 1. The van der Waals surface area contributed by atoms with Crippen LogP contribution in [0.5, 0.6) is 5.75 Å². The number of benzene rings is 2. The number of anilines is 2. The second-order valence-corrected chi connectivity index (χ2v) is 6.75. The molecule has 0 aliphatic heterocycles. The van der Waals surface area contributed by atoms with E-state index in [9.17, 15) is 4.79 Å². The first kappa shape index (κ1) is 19.1. The summed E-state index contributed by atoms with van der Waals surface area (Å²) in [6.45, 7) is 0.386. The van der Waals surface area contributed by atoms with Gasteiger partial charge >= 0.3 is 0 Å². The van der Waals surface area contributed by atoms with Crippen molar-refractivity contribution in [2.24, 2.45) is 0 Å². The Kier molecular flexibility index (Phi) is 6.56. The third-order valence-electron chi connectivity index (χ3n) is 3.44. The molecule has 0 radical (unpaired) electrons. The van der Waals surface area contributed by atoms with Crippen LogP contribution in [0.3, 0.4) is 0 Å². The number of nitrogens with one attached hydrogen (secondary N) is 2. The Bertz CT molecular complexity index is 884. The van der Waals surface area contributed by atoms with Gasteiger partial charge in [0.1, 0.15) is 5.75 Å². The highest BCUT2D eigenvalue weighted by Gasteiger charge is 2.10. The fraction of sp³-hybridized carbons (Fsp3) is 0.167. The van der Waals surface area contributed by atoms with Crippen molar-refractivity contribution in [1.82, 2.24) is 10.2 Å². The Morgan fingerprint density at radius 3 is 2.52 bits per heavy atom. The topological polar surface area (TPSA) is 89.3 Å². The number of hydrogen-bond acceptors (Lipinski definition) is 7. The molecule has 0 spiro atoms. The van der Waals surface area contributed by atoms with E-state index in [-0.39, 0.29) is 11.7 Å². The minimum atomic E-state index is -0.168. The Labute approximate surface area is 165 Å². The van der Waals surface area contributed by atoms with Crippen molar-refractivity contribution in [3.8, 4) is 5.75 Å². The summed E-state index contributed by atoms with van der Waals surface area (Å²) in [4.78, 5) is 12.0. The van der Waals surface area contributed by atoms with Crippen LogP contribution in [0.1, 0.15) is 5.89 Å². The summed E-state index contributed by atoms with van der Waals surface area (Å²) in [5.74, 6) is 1.22. The maximum absolute atomic E-state index is 12.0. The van der Waals surface area contributed by atoms with Gasteiger partial charge in [0.25, 0.3) is 5.22 Å². The van der Waals surface area contributed by atoms with Gasteiger partial charge in [-0.2, -0.15) is 0 Å². The Hall–Kier alpha value is -2.71. The minimum absolute atomic E-state index is 0.163. The van der Waals surface area contributed by atoms with Gasteiger partial charge in [0.05, 0.1) is 19.4 Å². The summed E-state index contributed by atoms with van der Waals surface area (Å²) in [5, 5.41) is 14.8. The molecule has 0 fully saturated rings. The lowest BCUT2D eigenvalue weighted by Gasteiger charge is -2.04. The maximum atomic E-state index is 12.0. The van der Waals surface area contributed by atoms with Crippen molar-refractivity contribution in [3.63, 3.8) is 0 Å². The molecule has 3 aromatic rings. The number of aromatic nitrogens is 2. The predicted molar refractivity (Wildman–Crippen MR) is 105 cm³/mol. The van der Waals surface area contributed by atoms with E-state index in [4.69, 9.17) is 20.8 Å². The monoisotopic (exact) mass is 404 g/mol. The molecule has 1 aromatic heterocycles. The van der Waals surface area contributed by atoms with Crippen molar-refractivity contribution >= 4 is 40.6 Å². The molecular formula is C18H17ClN4O3S. The van der Waals surface area contributed by atoms with Gasteiger partial charge in [-0.3, -0.25) is 4.79 Å². The SMILES string of the molecule is COc1ccc(NCc2nnc(SCC(=O)Nc3ccc(Cl)cc3)o2)cc1. The Morgan fingerprint density at radius 2 is 1.81 bits per heavy atom. The van der Waals surface area contributed by atoms with Crippen LogP contribution >= 0.6 is 23.4 Å². The fourth-order valence-electron chi connectivity index (χ4n) is 2.11. The zero-order valence-electron chi connectivity index (χ0n) is 14.4. The summed E-state index contributed by atoms with van der Waals surface area (Å²) >= 11 is 6.99. The lowest BCUT2D eigenvalue weighted by molar-refractivity contribution is -0.113. The largest absolute Gasteiger partial charge is 0.497 e. The van der Waals surface area contributed by atoms with E-state index >= 15 is 0 Å². The van der Waals surface area contributed by atoms with Gasteiger partial charge in [0.2, 0.25) is 11.8 Å². The summed E-state index contributed by atoms with van der Waals surface area (Å²) in [6, 6.07) is 14.4. The number of carbonyl (C=O) groups is 1. The quantitative estimate of drug-likeness (QED) is 0.547. The van der Waals surface area contributed by atoms with Crippen molar-refractivity contribution < 1.29 is 13.9 Å². The molecule has 7 nitrogen and oxygen atoms in total. The Balaban J connectivity index is 1.44. The first-order valence-corrected chi connectivity index (χ1v) is 9.37. The fourth-order valence-corrected chi connectivity index (χ4v) is 2.82. The number of carbonyl (C=O) groups excluding carboxylic acids is 1. The van der Waals surface area contributed by atoms with Gasteiger partial charge in [-0.05, 0) is 48.5 Å². The van der Waals surface area contributed by atoms with Crippen LogP contribution in [0.4, 0.5) is 11.4 Å². The van der Waals surface area contributed by atoms with Crippen molar-refractivity contribution in [2.45, 2.75) is 11.8 Å². The van der Waals surface area contributed by atoms with Crippen LogP contribution in [0.25, 0.3) is 0 Å². The minimum Gasteiger partial charge on any atom is -0.497 e. The van der Waals surface area contributed by atoms with Gasteiger partial charge in [-0.1, -0.05) is 23.4 Å². The molecule has 1 heterocycles. The van der Waals surface area contributed by atoms with E-state index < -0.39 is 0 Å². The van der Waals surface area contributed by atoms with Crippen LogP contribution in [0, 0.1) is 0 Å². The highest BCUT2D eigenvalue weighted by molar-refractivity contribution is 7.99. The molecule has 0 saturated carbocycles. The zero-order chi connectivity index (χ0) is 19.1. The van der Waals surface area contributed by atoms with Crippen LogP contribution < -0.4 is 15.4 Å². The average Bonchev–Trinajstić information content (AvgIpc) is 3.15. The Morgan fingerprint density at radius 1 is 1.11 bits per heavy atom. The van der Waals surface area contributed by atoms with Gasteiger partial charge in [0.15, 0.2) is 0 Å². The second kappa shape index (κ2) is 9.29. The molecule has 0 bridgehead atoms. The van der Waals surface area contributed by atoms with Gasteiger partial charge < -0.3 is 19.8 Å². The third-order valence-corrected chi connectivity index (χ3v) is 4.51. The van der Waals surface area contributed by atoms with Crippen LogP contribution in [0.15, 0.2) is 58.2 Å². The summed E-state index contributed by atoms with van der Waals surface area (Å²) in [6.07, 6.45) is 0. The summed E-state index contributed by atoms with van der Waals surface area (Å²) in [7, 11) is 1.62. The zero-order valence-corrected chi connectivity index (χ0v) is 16.0. The molecule has 140 valence electrons. The van der Waals surface area contributed by atoms with Crippen molar-refractivity contribution in [3.05, 3.63) is 59.4 Å². The molecule has 0 aliphatic carbocycles. The first-order valence-electron chi connectivity index (χ1n) is 8.01. The standard InChI is InChI=1S/C18H17ClN4O3S/c1-25-15-8-6-13(7-9-15)20-10-17-22-23-18(26-17)27-11-16(24)21-14-4-2-12(19)3-5-14/h2-9,20H,10-11H2,1H3,(H,21,24). The molecule has 27 heavy (non-hydrogen) atoms. The number of thioether (sulfide) groups is 1. The van der Waals surface area contributed by atoms with E-state index in [1.165, 1.54) is 11.8 Å². The van der Waals surface area contributed by atoms with E-state index in [0.29, 0.717) is 28.4 Å². The normalized spacial score (nSPS) is 10.4. The average molecular weight is 405 g/mol. The highest BCUT2D eigenvalue weighted by atomic mass is 35.5. The summed E-state index contributed by atoms with van der Waals surface area (Å²) in [5.41, 5.74) is 1.59. The molecule has 3 rings (SSSR count). The molecule has 2 N–H and O–H groups in total. The molecule has 0 aliphatic rings. The molecule has 0 saturated heterocycles. The maximum Gasteiger partial charge on any atom is 0.277 e. The summed E-state index contributed by atoms with van der Waals surface area (Å²) < 4.78 is 10.6. The van der Waals surface area contributed by atoms with Gasteiger partial charge in [-0.25, -0.2) is 0 Å². The number of hydrogen-bond donors (Lipinski definition) is 2. The number of rotatable bonds is 8. The van der Waals surface area contributed by atoms with E-state index in [0.717, 1.165) is 11.4 Å². The first-order chi connectivity index (χ1) is 13.1. The number of nitrogens with zero attached hydrogens (tertiary/aromatic N) is 2. The van der Waals surface area contributed by atoms with Crippen molar-refractivity contribution in [2.75, 3.05) is 23.5 Å². The van der Waals surface area contributed by atoms with E-state index in [1.54, 1.807) is 31.4 Å². The van der Waals surface area contributed by atoms with Gasteiger partial charge in [-0.15, -0.1) is 10.2 Å². The van der Waals surface area contributed by atoms with E-state index in [1.807, 2.05) is 24.3 Å². The van der Waals surface area contributed by atoms with Crippen LogP contribution in [-0.2, 0) is 11.3 Å². The molecule has 0 atom stereocenters. The number of methoxy groups -OCH3 is 1. The van der Waals surface area contributed by atoms with Crippen molar-refractivity contribution in [1.29, 1.82) is 0 Å². The van der Waals surface area contributed by atoms with E-state index in [2.05, 4.69) is 20.8 Å². The molecule has 2 aromatic carbocycles. The number of ether oxygens (including phenoxy) is 1. The van der Waals surface area contributed by atoms with Gasteiger partial charge in [0, 0.05) is 16.4 Å². The van der Waals surface area contributed by atoms with Crippen LogP contribution in [0.2, 0.25) is 5.02 Å². The second-order valence-electron chi connectivity index (χ2n) is 5.39. The van der Waals surface area contributed by atoms with Crippen LogP contribution in [-0.4, -0.2) is 29.0 Å². The predicted octanol–water partition coefficient (Wildman–Crippen LogP) is 4.07. The number of amides is 1. The lowest BCUT2D eigenvalue weighted by atomic mass is 10.3. The lowest BCUT2D eigenvalue weighted by Crippen LogP contribution is -2.13. The molecular weight excluding hydrogens is 388 g/mol. The third kappa shape index (κ3) is 5.90. The molecule has 1 amide bonds. The smallest absolute Gasteiger partial charge is 0.277 e.